The van der Waals surface area contributed by atoms with Crippen LogP contribution in [0.15, 0.2) is 6.20 Å². The summed E-state index contributed by atoms with van der Waals surface area (Å²) in [7, 11) is 1.39. The van der Waals surface area contributed by atoms with Crippen LogP contribution in [0, 0.1) is 0 Å². The van der Waals surface area contributed by atoms with Crippen LogP contribution in [0.4, 0.5) is 0 Å². The fourth-order valence-corrected chi connectivity index (χ4v) is 1.64. The van der Waals surface area contributed by atoms with E-state index in [1.165, 1.54) is 12.7 Å². The summed E-state index contributed by atoms with van der Waals surface area (Å²) < 4.78 is 6.32. The van der Waals surface area contributed by atoms with E-state index < -0.39 is 0 Å². The smallest absolute Gasteiger partial charge is 0.327 e. The van der Waals surface area contributed by atoms with Gasteiger partial charge in [0.1, 0.15) is 6.54 Å². The van der Waals surface area contributed by atoms with Crippen LogP contribution in [0.1, 0.15) is 11.3 Å². The van der Waals surface area contributed by atoms with Crippen molar-refractivity contribution in [2.75, 3.05) is 13.7 Å². The van der Waals surface area contributed by atoms with Crippen molar-refractivity contribution in [3.05, 3.63) is 17.5 Å². The summed E-state index contributed by atoms with van der Waals surface area (Å²) in [5, 5.41) is 7.41. The van der Waals surface area contributed by atoms with Crippen molar-refractivity contribution in [2.45, 2.75) is 19.5 Å². The van der Waals surface area contributed by atoms with Gasteiger partial charge in [-0.15, -0.1) is 0 Å². The number of esters is 1. The number of hydrogen-bond donors (Lipinski definition) is 1. The van der Waals surface area contributed by atoms with E-state index in [-0.39, 0.29) is 12.5 Å². The maximum Gasteiger partial charge on any atom is 0.327 e. The molecule has 1 aromatic rings. The molecular weight excluding hydrogens is 182 g/mol. The predicted octanol–water partition coefficient (Wildman–Crippen LogP) is -0.298. The topological polar surface area (TPSA) is 56.2 Å². The summed E-state index contributed by atoms with van der Waals surface area (Å²) in [5.74, 6) is -0.255. The summed E-state index contributed by atoms with van der Waals surface area (Å²) in [6, 6.07) is 0. The van der Waals surface area contributed by atoms with Crippen molar-refractivity contribution in [3.63, 3.8) is 0 Å². The summed E-state index contributed by atoms with van der Waals surface area (Å²) in [6.07, 6.45) is 2.73. The molecule has 0 saturated carbocycles. The fourth-order valence-electron chi connectivity index (χ4n) is 1.64. The monoisotopic (exact) mass is 195 g/mol. The third kappa shape index (κ3) is 1.63. The molecule has 0 saturated heterocycles. The van der Waals surface area contributed by atoms with E-state index in [4.69, 9.17) is 0 Å². The standard InChI is InChI=1S/C9H13N3O2/c1-14-9(13)6-12-8-2-3-10-4-7(8)5-11-12/h5,10H,2-4,6H2,1H3. The lowest BCUT2D eigenvalue weighted by Crippen LogP contribution is -2.25. The predicted molar refractivity (Wildman–Crippen MR) is 49.7 cm³/mol. The van der Waals surface area contributed by atoms with E-state index in [1.807, 2.05) is 6.20 Å². The highest BCUT2D eigenvalue weighted by atomic mass is 16.5. The molecule has 0 unspecified atom stereocenters. The van der Waals surface area contributed by atoms with E-state index in [0.717, 1.165) is 25.2 Å². The number of aromatic nitrogens is 2. The molecule has 0 amide bonds. The molecule has 0 radical (unpaired) electrons. The summed E-state index contributed by atoms with van der Waals surface area (Å²) in [4.78, 5) is 11.1. The molecule has 1 aliphatic rings. The molecule has 2 rings (SSSR count). The maximum atomic E-state index is 11.1. The van der Waals surface area contributed by atoms with Crippen molar-refractivity contribution >= 4 is 5.97 Å². The first-order valence-electron chi connectivity index (χ1n) is 4.62. The molecule has 0 atom stereocenters. The molecule has 5 heteroatoms. The van der Waals surface area contributed by atoms with Gasteiger partial charge in [-0.2, -0.15) is 5.10 Å². The number of methoxy groups -OCH3 is 1. The molecule has 1 N–H and O–H groups in total. The fraction of sp³-hybridized carbons (Fsp3) is 0.556. The second-order valence-corrected chi connectivity index (χ2v) is 3.28. The molecule has 0 aliphatic carbocycles. The SMILES string of the molecule is COC(=O)Cn1ncc2c1CCNC2. The third-order valence-corrected chi connectivity index (χ3v) is 2.40. The van der Waals surface area contributed by atoms with E-state index in [2.05, 4.69) is 15.2 Å². The molecule has 14 heavy (non-hydrogen) atoms. The van der Waals surface area contributed by atoms with Gasteiger partial charge in [0, 0.05) is 30.8 Å². The second kappa shape index (κ2) is 3.79. The van der Waals surface area contributed by atoms with Gasteiger partial charge in [-0.05, 0) is 0 Å². The minimum atomic E-state index is -0.255. The Labute approximate surface area is 82.0 Å². The Morgan fingerprint density at radius 3 is 3.43 bits per heavy atom. The summed E-state index contributed by atoms with van der Waals surface area (Å²) >= 11 is 0. The Balaban J connectivity index is 2.18. The first-order chi connectivity index (χ1) is 6.81. The van der Waals surface area contributed by atoms with E-state index in [9.17, 15) is 4.79 Å². The average Bonchev–Trinajstić information content (AvgIpc) is 2.62. The largest absolute Gasteiger partial charge is 0.468 e. The molecule has 0 aromatic carbocycles. The van der Waals surface area contributed by atoms with E-state index in [0.29, 0.717) is 0 Å². The quantitative estimate of drug-likeness (QED) is 0.658. The Bertz CT molecular complexity index is 346. The third-order valence-electron chi connectivity index (χ3n) is 2.40. The number of carbonyl (C=O) groups excluding carboxylic acids is 1. The van der Waals surface area contributed by atoms with Crippen LogP contribution in [-0.4, -0.2) is 29.4 Å². The molecule has 76 valence electrons. The van der Waals surface area contributed by atoms with Gasteiger partial charge in [0.15, 0.2) is 0 Å². The summed E-state index contributed by atoms with van der Waals surface area (Å²) in [5.41, 5.74) is 2.33. The van der Waals surface area contributed by atoms with Gasteiger partial charge in [-0.3, -0.25) is 9.48 Å². The highest BCUT2D eigenvalue weighted by Gasteiger charge is 2.15. The molecule has 0 fully saturated rings. The number of rotatable bonds is 2. The Morgan fingerprint density at radius 2 is 2.64 bits per heavy atom. The van der Waals surface area contributed by atoms with Crippen LogP contribution in [0.2, 0.25) is 0 Å². The number of ether oxygens (including phenoxy) is 1. The molecule has 2 heterocycles. The van der Waals surface area contributed by atoms with E-state index >= 15 is 0 Å². The molecule has 1 aliphatic heterocycles. The zero-order valence-electron chi connectivity index (χ0n) is 8.12. The van der Waals surface area contributed by atoms with Gasteiger partial charge in [0.2, 0.25) is 0 Å². The van der Waals surface area contributed by atoms with Crippen molar-refractivity contribution < 1.29 is 9.53 Å². The molecule has 0 spiro atoms. The van der Waals surface area contributed by atoms with Gasteiger partial charge in [-0.1, -0.05) is 0 Å². The number of nitrogens with one attached hydrogen (secondary N) is 1. The zero-order valence-corrected chi connectivity index (χ0v) is 8.12. The average molecular weight is 195 g/mol. The van der Waals surface area contributed by atoms with Crippen LogP contribution < -0.4 is 5.32 Å². The minimum Gasteiger partial charge on any atom is -0.468 e. The van der Waals surface area contributed by atoms with Crippen molar-refractivity contribution in [1.82, 2.24) is 15.1 Å². The van der Waals surface area contributed by atoms with Crippen LogP contribution in [0.25, 0.3) is 0 Å². The van der Waals surface area contributed by atoms with Gasteiger partial charge < -0.3 is 10.1 Å². The number of hydrogen-bond acceptors (Lipinski definition) is 4. The highest BCUT2D eigenvalue weighted by Crippen LogP contribution is 2.12. The number of nitrogens with zero attached hydrogens (tertiary/aromatic N) is 2. The first-order valence-corrected chi connectivity index (χ1v) is 4.62. The van der Waals surface area contributed by atoms with Crippen LogP contribution in [0.5, 0.6) is 0 Å². The van der Waals surface area contributed by atoms with Gasteiger partial charge in [0.05, 0.1) is 13.3 Å². The van der Waals surface area contributed by atoms with Crippen molar-refractivity contribution in [3.8, 4) is 0 Å². The highest BCUT2D eigenvalue weighted by molar-refractivity contribution is 5.68. The lowest BCUT2D eigenvalue weighted by molar-refractivity contribution is -0.141. The molecule has 0 bridgehead atoms. The number of fused-ring (bicyclic) bond motifs is 1. The maximum absolute atomic E-state index is 11.1. The summed E-state index contributed by atoms with van der Waals surface area (Å²) in [6.45, 7) is 2.00. The lowest BCUT2D eigenvalue weighted by atomic mass is 10.1. The Hall–Kier alpha value is -1.36. The van der Waals surface area contributed by atoms with Crippen molar-refractivity contribution in [1.29, 1.82) is 0 Å². The molecule has 1 aromatic heterocycles. The van der Waals surface area contributed by atoms with Gasteiger partial charge >= 0.3 is 5.97 Å². The van der Waals surface area contributed by atoms with Crippen molar-refractivity contribution in [2.24, 2.45) is 0 Å². The Morgan fingerprint density at radius 1 is 1.79 bits per heavy atom. The minimum absolute atomic E-state index is 0.214. The lowest BCUT2D eigenvalue weighted by Gasteiger charge is -2.14. The first kappa shape index (κ1) is 9.21. The van der Waals surface area contributed by atoms with Crippen LogP contribution >= 0.6 is 0 Å². The van der Waals surface area contributed by atoms with Crippen LogP contribution in [0.3, 0.4) is 0 Å². The van der Waals surface area contributed by atoms with E-state index in [1.54, 1.807) is 4.68 Å². The number of carbonyl (C=O) groups is 1. The second-order valence-electron chi connectivity index (χ2n) is 3.28. The zero-order chi connectivity index (χ0) is 9.97. The molecular formula is C9H13N3O2. The molecule has 5 nitrogen and oxygen atoms in total. The Kier molecular flexibility index (Phi) is 2.49. The van der Waals surface area contributed by atoms with Gasteiger partial charge in [0.25, 0.3) is 0 Å². The van der Waals surface area contributed by atoms with Crippen LogP contribution in [-0.2, 0) is 29.0 Å². The van der Waals surface area contributed by atoms with Gasteiger partial charge in [-0.25, -0.2) is 0 Å². The normalized spacial score (nSPS) is 14.9.